The van der Waals surface area contributed by atoms with Crippen LogP contribution in [0.3, 0.4) is 0 Å². The summed E-state index contributed by atoms with van der Waals surface area (Å²) in [7, 11) is -3.71. The molecule has 2 rings (SSSR count). The molecule has 3 nitrogen and oxygen atoms in total. The average molecular weight is 361 g/mol. The fraction of sp³-hybridized carbons (Fsp3) is 0.300. The van der Waals surface area contributed by atoms with E-state index in [0.717, 1.165) is 16.7 Å². The predicted molar refractivity (Wildman–Crippen MR) is 100 cm³/mol. The van der Waals surface area contributed by atoms with Gasteiger partial charge in [-0.25, -0.2) is 17.9 Å². The zero-order valence-electron chi connectivity index (χ0n) is 15.0. The molecule has 2 N–H and O–H groups in total. The van der Waals surface area contributed by atoms with Gasteiger partial charge in [0.15, 0.2) is 0 Å². The molecule has 0 radical (unpaired) electrons. The summed E-state index contributed by atoms with van der Waals surface area (Å²) in [5.41, 5.74) is 2.92. The van der Waals surface area contributed by atoms with Crippen LogP contribution in [0.2, 0.25) is 0 Å². The minimum Gasteiger partial charge on any atom is -0.225 e. The highest BCUT2D eigenvalue weighted by Gasteiger charge is 2.18. The van der Waals surface area contributed by atoms with Crippen molar-refractivity contribution < 1.29 is 12.8 Å². The van der Waals surface area contributed by atoms with Crippen LogP contribution in [0.15, 0.2) is 59.5 Å². The Morgan fingerprint density at radius 3 is 2.00 bits per heavy atom. The van der Waals surface area contributed by atoms with Crippen LogP contribution < -0.4 is 5.14 Å². The van der Waals surface area contributed by atoms with E-state index < -0.39 is 10.0 Å². The Morgan fingerprint density at radius 2 is 1.56 bits per heavy atom. The second-order valence-corrected chi connectivity index (χ2v) is 8.87. The Morgan fingerprint density at radius 1 is 1.04 bits per heavy atom. The van der Waals surface area contributed by atoms with Crippen LogP contribution >= 0.6 is 0 Å². The second kappa shape index (κ2) is 7.10. The van der Waals surface area contributed by atoms with Crippen LogP contribution in [-0.4, -0.2) is 8.42 Å². The third-order valence-electron chi connectivity index (χ3n) is 3.94. The number of sulfonamides is 1. The van der Waals surface area contributed by atoms with Crippen molar-refractivity contribution in [1.29, 1.82) is 0 Å². The highest BCUT2D eigenvalue weighted by molar-refractivity contribution is 7.89. The van der Waals surface area contributed by atoms with Gasteiger partial charge in [0, 0.05) is 5.92 Å². The highest BCUT2D eigenvalue weighted by Crippen LogP contribution is 2.35. The minimum atomic E-state index is -3.71. The Hall–Kier alpha value is -1.98. The molecule has 5 heteroatoms. The number of hydrogen-bond acceptors (Lipinski definition) is 2. The van der Waals surface area contributed by atoms with Crippen molar-refractivity contribution in [3.8, 4) is 0 Å². The summed E-state index contributed by atoms with van der Waals surface area (Å²) < 4.78 is 36.1. The standard InChI is InChI=1S/C20H24FNO2S/c1-14(15-7-11-18(12-8-15)25(22,23)24)19(13-20(2,3)4)16-5-9-17(21)10-6-16/h5-14H,1-4H3,(H2,22,23,24)/b19-13+. The molecule has 0 heterocycles. The maximum atomic E-state index is 13.3. The lowest BCUT2D eigenvalue weighted by atomic mass is 9.82. The normalized spacial score (nSPS) is 14.4. The van der Waals surface area contributed by atoms with Crippen molar-refractivity contribution in [1.82, 2.24) is 0 Å². The number of benzene rings is 2. The van der Waals surface area contributed by atoms with E-state index in [-0.39, 0.29) is 22.0 Å². The van der Waals surface area contributed by atoms with Gasteiger partial charge in [-0.15, -0.1) is 0 Å². The molecule has 134 valence electrons. The van der Waals surface area contributed by atoms with Gasteiger partial charge in [0.1, 0.15) is 5.82 Å². The van der Waals surface area contributed by atoms with Crippen LogP contribution in [0.4, 0.5) is 4.39 Å². The lowest BCUT2D eigenvalue weighted by Crippen LogP contribution is -2.12. The van der Waals surface area contributed by atoms with Gasteiger partial charge in [0.05, 0.1) is 4.90 Å². The quantitative estimate of drug-likeness (QED) is 0.857. The molecule has 0 fully saturated rings. The minimum absolute atomic E-state index is 0.0132. The number of halogens is 1. The van der Waals surface area contributed by atoms with Gasteiger partial charge < -0.3 is 0 Å². The first kappa shape index (κ1) is 19.3. The van der Waals surface area contributed by atoms with Crippen molar-refractivity contribution >= 4 is 15.6 Å². The molecule has 25 heavy (non-hydrogen) atoms. The lowest BCUT2D eigenvalue weighted by molar-refractivity contribution is 0.543. The largest absolute Gasteiger partial charge is 0.238 e. The van der Waals surface area contributed by atoms with Gasteiger partial charge >= 0.3 is 0 Å². The summed E-state index contributed by atoms with van der Waals surface area (Å²) in [5.74, 6) is -0.261. The van der Waals surface area contributed by atoms with E-state index in [1.54, 1.807) is 24.3 Å². The van der Waals surface area contributed by atoms with Crippen molar-refractivity contribution in [2.45, 2.75) is 38.5 Å². The topological polar surface area (TPSA) is 60.2 Å². The smallest absolute Gasteiger partial charge is 0.225 e. The Bertz CT molecular complexity index is 861. The third-order valence-corrected chi connectivity index (χ3v) is 4.87. The summed E-state index contributed by atoms with van der Waals surface area (Å²) in [6, 6.07) is 13.0. The van der Waals surface area contributed by atoms with Crippen molar-refractivity contribution in [3.63, 3.8) is 0 Å². The number of rotatable bonds is 4. The molecule has 0 aliphatic heterocycles. The van der Waals surface area contributed by atoms with Gasteiger partial charge in [-0.2, -0.15) is 0 Å². The summed E-state index contributed by atoms with van der Waals surface area (Å²) in [6.45, 7) is 8.36. The van der Waals surface area contributed by atoms with Crippen molar-refractivity contribution in [2.75, 3.05) is 0 Å². The summed E-state index contributed by atoms with van der Waals surface area (Å²) >= 11 is 0. The number of nitrogens with two attached hydrogens (primary N) is 1. The lowest BCUT2D eigenvalue weighted by Gasteiger charge is -2.22. The third kappa shape index (κ3) is 5.25. The van der Waals surface area contributed by atoms with Crippen LogP contribution in [0.5, 0.6) is 0 Å². The molecular weight excluding hydrogens is 337 g/mol. The van der Waals surface area contributed by atoms with Crippen LogP contribution in [-0.2, 0) is 10.0 Å². The molecule has 2 aromatic carbocycles. The molecule has 1 unspecified atom stereocenters. The van der Waals surface area contributed by atoms with Crippen LogP contribution in [0, 0.1) is 11.2 Å². The van der Waals surface area contributed by atoms with Gasteiger partial charge in [0.2, 0.25) is 10.0 Å². The number of allylic oxidation sites excluding steroid dienone is 2. The van der Waals surface area contributed by atoms with Gasteiger partial charge in [-0.05, 0) is 46.4 Å². The maximum Gasteiger partial charge on any atom is 0.238 e. The molecule has 0 bridgehead atoms. The Labute approximate surface area is 149 Å². The second-order valence-electron chi connectivity index (χ2n) is 7.31. The van der Waals surface area contributed by atoms with E-state index in [0.29, 0.717) is 0 Å². The zero-order chi connectivity index (χ0) is 18.8. The fourth-order valence-corrected chi connectivity index (χ4v) is 3.21. The molecule has 0 saturated heterocycles. The molecule has 0 aromatic heterocycles. The molecule has 2 aromatic rings. The van der Waals surface area contributed by atoms with Crippen molar-refractivity contribution in [2.24, 2.45) is 10.6 Å². The number of hydrogen-bond donors (Lipinski definition) is 1. The van der Waals surface area contributed by atoms with Gasteiger partial charge in [-0.1, -0.05) is 58.0 Å². The van der Waals surface area contributed by atoms with E-state index in [2.05, 4.69) is 26.8 Å². The number of primary sulfonamides is 1. The first-order valence-electron chi connectivity index (χ1n) is 8.09. The predicted octanol–water partition coefficient (Wildman–Crippen LogP) is 4.71. The van der Waals surface area contributed by atoms with Gasteiger partial charge in [0.25, 0.3) is 0 Å². The molecule has 0 aliphatic rings. The molecule has 0 spiro atoms. The van der Waals surface area contributed by atoms with E-state index in [1.165, 1.54) is 24.3 Å². The van der Waals surface area contributed by atoms with E-state index >= 15 is 0 Å². The SMILES string of the molecule is CC(/C(=C\C(C)(C)C)c1ccc(F)cc1)c1ccc(S(N)(=O)=O)cc1. The van der Waals surface area contributed by atoms with Crippen LogP contribution in [0.25, 0.3) is 5.57 Å². The molecular formula is C20H24FNO2S. The van der Waals surface area contributed by atoms with Crippen molar-refractivity contribution in [3.05, 3.63) is 71.6 Å². The monoisotopic (exact) mass is 361 g/mol. The highest BCUT2D eigenvalue weighted by atomic mass is 32.2. The first-order valence-corrected chi connectivity index (χ1v) is 9.63. The first-order chi connectivity index (χ1) is 11.5. The Balaban J connectivity index is 2.47. The van der Waals surface area contributed by atoms with Crippen LogP contribution in [0.1, 0.15) is 44.7 Å². The molecule has 1 atom stereocenters. The summed E-state index contributed by atoms with van der Waals surface area (Å²) in [6.07, 6.45) is 2.17. The van der Waals surface area contributed by atoms with E-state index in [4.69, 9.17) is 5.14 Å². The maximum absolute atomic E-state index is 13.3. The Kier molecular flexibility index (Phi) is 5.49. The molecule has 0 aliphatic carbocycles. The molecule has 0 saturated carbocycles. The average Bonchev–Trinajstić information content (AvgIpc) is 2.51. The zero-order valence-corrected chi connectivity index (χ0v) is 15.8. The fourth-order valence-electron chi connectivity index (χ4n) is 2.69. The van der Waals surface area contributed by atoms with E-state index in [1.807, 2.05) is 6.92 Å². The summed E-state index contributed by atoms with van der Waals surface area (Å²) in [5, 5.41) is 5.16. The summed E-state index contributed by atoms with van der Waals surface area (Å²) in [4.78, 5) is 0.0894. The molecule has 0 amide bonds. The van der Waals surface area contributed by atoms with E-state index in [9.17, 15) is 12.8 Å². The van der Waals surface area contributed by atoms with Gasteiger partial charge in [-0.3, -0.25) is 0 Å².